The Morgan fingerprint density at radius 3 is 0.667 bits per heavy atom. The average Bonchev–Trinajstić information content (AvgIpc) is 1.63. The molecule has 4 heterocycles. The van der Waals surface area contributed by atoms with Crippen molar-refractivity contribution in [3.8, 4) is 0 Å². The molecule has 10 N–H and O–H groups in total. The smallest absolute Gasteiger partial charge is 0.309 e. The molecule has 0 bridgehead atoms. The molecular formula is C94H104Cl4N8O16S4. The van der Waals surface area contributed by atoms with Crippen molar-refractivity contribution in [1.29, 1.82) is 0 Å². The lowest BCUT2D eigenvalue weighted by Gasteiger charge is -2.28. The van der Waals surface area contributed by atoms with E-state index in [4.69, 9.17) is 55.9 Å². The molecule has 668 valence electrons. The number of carboxylic acids is 2. The van der Waals surface area contributed by atoms with Gasteiger partial charge in [0.25, 0.3) is 23.6 Å². The molecule has 8 amide bonds. The maximum atomic E-state index is 13.3. The highest BCUT2D eigenvalue weighted by Crippen LogP contribution is 2.46. The second kappa shape index (κ2) is 44.5. The van der Waals surface area contributed by atoms with E-state index < -0.39 is 59.3 Å². The highest BCUT2D eigenvalue weighted by molar-refractivity contribution is 7.18. The van der Waals surface area contributed by atoms with Crippen LogP contribution in [0.15, 0.2) is 97.1 Å². The minimum Gasteiger partial charge on any atom is -0.481 e. The summed E-state index contributed by atoms with van der Waals surface area (Å²) < 4.78 is 9.87. The fourth-order valence-corrected chi connectivity index (χ4v) is 24.2. The normalized spacial score (nSPS) is 20.4. The van der Waals surface area contributed by atoms with Crippen LogP contribution in [-0.2, 0) is 99.2 Å². The van der Waals surface area contributed by atoms with Crippen molar-refractivity contribution in [3.05, 3.63) is 181 Å². The third-order valence-corrected chi connectivity index (χ3v) is 30.8. The molecule has 24 nitrogen and oxygen atoms in total. The maximum absolute atomic E-state index is 13.3. The molecular weight excluding hydrogens is 1770 g/mol. The second-order valence-corrected chi connectivity index (χ2v) is 39.3. The minimum atomic E-state index is -0.925. The number of methoxy groups -OCH3 is 2. The summed E-state index contributed by atoms with van der Waals surface area (Å²) in [6, 6.07) is 27.6. The first kappa shape index (κ1) is 94.1. The van der Waals surface area contributed by atoms with E-state index in [1.54, 1.807) is 97.1 Å². The standard InChI is InChI=1S/2C24H27ClN2O4S.2C23H25ClN2O4S/c2*1-31-24(30)17-7-3-2-6-16(17)21(28)27-23-20(18-8-4-5-9-19(18)32-23)22(29)26-15-12-10-14(25)11-13-15;2*24-13-9-11-14(12-10-13)25-21(28)19-17-7-3-4-8-18(17)31-22(19)26-20(27)15-5-1-2-6-16(15)23(29)30/h2*10-13,16-17H,2-9H2,1H3,(H,26,29)(H,27,28);2*9-12,15-16H,1-8H2,(H,25,28)(H,26,27)(H,29,30). The second-order valence-electron chi connectivity index (χ2n) is 33.2. The number of nitrogens with one attached hydrogen (secondary N) is 8. The highest BCUT2D eigenvalue weighted by atomic mass is 35.5. The van der Waals surface area contributed by atoms with Gasteiger partial charge in [-0.1, -0.05) is 97.8 Å². The fraction of sp³-hybridized carbons (Fsp3) is 0.447. The van der Waals surface area contributed by atoms with Crippen LogP contribution in [0, 0.1) is 47.3 Å². The number of halogens is 4. The van der Waals surface area contributed by atoms with E-state index in [-0.39, 0.29) is 59.2 Å². The Hall–Kier alpha value is -9.52. The average molecular weight is 1870 g/mol. The summed E-state index contributed by atoms with van der Waals surface area (Å²) >= 11 is 29.6. The quantitative estimate of drug-likeness (QED) is 0.0317. The Morgan fingerprint density at radius 2 is 0.460 bits per heavy atom. The minimum absolute atomic E-state index is 0.209. The fourth-order valence-electron chi connectivity index (χ4n) is 18.5. The van der Waals surface area contributed by atoms with Crippen LogP contribution >= 0.6 is 91.8 Å². The van der Waals surface area contributed by atoms with Gasteiger partial charge in [0.1, 0.15) is 20.0 Å². The van der Waals surface area contributed by atoms with Gasteiger partial charge in [0, 0.05) is 62.3 Å². The van der Waals surface area contributed by atoms with E-state index in [9.17, 15) is 67.7 Å². The number of thiophene rings is 4. The number of amides is 8. The van der Waals surface area contributed by atoms with Gasteiger partial charge in [-0.2, -0.15) is 0 Å². The number of carbonyl (C=O) groups is 12. The summed E-state index contributed by atoms with van der Waals surface area (Å²) in [5.74, 6) is -8.80. The van der Waals surface area contributed by atoms with E-state index in [0.29, 0.717) is 136 Å². The van der Waals surface area contributed by atoms with Crippen molar-refractivity contribution in [2.24, 2.45) is 47.3 Å². The zero-order valence-corrected chi connectivity index (χ0v) is 76.5. The molecule has 0 radical (unpaired) electrons. The van der Waals surface area contributed by atoms with Gasteiger partial charge in [-0.05, 0) is 273 Å². The lowest BCUT2D eigenvalue weighted by Crippen LogP contribution is -2.36. The molecule has 8 aromatic rings. The van der Waals surface area contributed by atoms with E-state index in [2.05, 4.69) is 42.5 Å². The van der Waals surface area contributed by atoms with Crippen molar-refractivity contribution in [1.82, 2.24) is 0 Å². The molecule has 8 aliphatic carbocycles. The Balaban J connectivity index is 0.000000144. The van der Waals surface area contributed by atoms with Crippen LogP contribution in [0.2, 0.25) is 20.1 Å². The summed E-state index contributed by atoms with van der Waals surface area (Å²) in [6.45, 7) is 0. The Morgan fingerprint density at radius 1 is 0.270 bits per heavy atom. The van der Waals surface area contributed by atoms with Crippen LogP contribution < -0.4 is 42.5 Å². The SMILES string of the molecule is COC(=O)C1CCCCC1C(=O)Nc1sc2c(c1C(=O)Nc1ccc(Cl)cc1)CCCC2.COC(=O)C1CCCCC1C(=O)Nc1sc2c(c1C(=O)Nc1ccc(Cl)cc1)CCCC2.O=C(Nc1ccc(Cl)cc1)c1c(NC(=O)C2CCCCC2C(=O)O)sc2c1CCCC2.O=C(Nc1ccc(Cl)cc1)c1c(NC(=O)C2CCCCC2C(=O)O)sc2c1CCCC2. The summed E-state index contributed by atoms with van der Waals surface area (Å²) in [7, 11) is 2.72. The summed E-state index contributed by atoms with van der Waals surface area (Å²) in [5.41, 5.74) is 8.67. The van der Waals surface area contributed by atoms with E-state index in [1.165, 1.54) is 59.6 Å². The number of fused-ring (bicyclic) bond motifs is 4. The number of anilines is 8. The van der Waals surface area contributed by atoms with E-state index >= 15 is 0 Å². The molecule has 4 fully saturated rings. The molecule has 4 saturated carbocycles. The summed E-state index contributed by atoms with van der Waals surface area (Å²) in [5, 5.41) is 47.2. The molecule has 4 aromatic heterocycles. The van der Waals surface area contributed by atoms with Crippen molar-refractivity contribution in [2.45, 2.75) is 205 Å². The van der Waals surface area contributed by atoms with Crippen LogP contribution in [0.1, 0.15) is 237 Å². The lowest BCUT2D eigenvalue weighted by atomic mass is 9.78. The molecule has 0 aliphatic heterocycles. The number of aliphatic carboxylic acids is 2. The molecule has 0 saturated heterocycles. The van der Waals surface area contributed by atoms with Crippen LogP contribution in [-0.4, -0.2) is 95.6 Å². The van der Waals surface area contributed by atoms with Crippen molar-refractivity contribution >= 4 is 206 Å². The van der Waals surface area contributed by atoms with Gasteiger partial charge in [-0.25, -0.2) is 0 Å². The van der Waals surface area contributed by atoms with E-state index in [1.807, 2.05) is 0 Å². The first-order valence-corrected chi connectivity index (χ1v) is 48.3. The van der Waals surface area contributed by atoms with Crippen molar-refractivity contribution in [3.63, 3.8) is 0 Å². The number of carbonyl (C=O) groups excluding carboxylic acids is 10. The molecule has 32 heteroatoms. The number of hydrogen-bond acceptors (Lipinski definition) is 18. The zero-order chi connectivity index (χ0) is 89.2. The maximum Gasteiger partial charge on any atom is 0.309 e. The molecule has 16 rings (SSSR count). The molecule has 8 unspecified atom stereocenters. The van der Waals surface area contributed by atoms with Gasteiger partial charge in [-0.15, -0.1) is 45.3 Å². The van der Waals surface area contributed by atoms with Gasteiger partial charge in [-0.3, -0.25) is 57.5 Å². The van der Waals surface area contributed by atoms with Crippen molar-refractivity contribution in [2.75, 3.05) is 56.8 Å². The number of benzene rings is 4. The number of carboxylic acid groups (broad SMARTS) is 2. The van der Waals surface area contributed by atoms with Crippen LogP contribution in [0.25, 0.3) is 0 Å². The third kappa shape index (κ3) is 23.5. The van der Waals surface area contributed by atoms with Crippen LogP contribution in [0.3, 0.4) is 0 Å². The Kier molecular flexibility index (Phi) is 33.2. The molecule has 4 aromatic carbocycles. The van der Waals surface area contributed by atoms with E-state index in [0.717, 1.165) is 196 Å². The first-order valence-electron chi connectivity index (χ1n) is 43.5. The highest BCUT2D eigenvalue weighted by Gasteiger charge is 2.43. The molecule has 8 aliphatic rings. The number of hydrogen-bond donors (Lipinski definition) is 10. The molecule has 0 spiro atoms. The van der Waals surface area contributed by atoms with Gasteiger partial charge < -0.3 is 62.2 Å². The zero-order valence-electron chi connectivity index (χ0n) is 70.2. The van der Waals surface area contributed by atoms with Gasteiger partial charge in [0.15, 0.2) is 0 Å². The number of rotatable bonds is 20. The van der Waals surface area contributed by atoms with Crippen LogP contribution in [0.5, 0.6) is 0 Å². The Labute approximate surface area is 767 Å². The topological polar surface area (TPSA) is 360 Å². The molecule has 126 heavy (non-hydrogen) atoms. The van der Waals surface area contributed by atoms with Crippen LogP contribution in [0.4, 0.5) is 42.8 Å². The predicted octanol–water partition coefficient (Wildman–Crippen LogP) is 21.6. The molecule has 8 atom stereocenters. The number of esters is 2. The number of ether oxygens (including phenoxy) is 2. The van der Waals surface area contributed by atoms with Crippen molar-refractivity contribution < 1.29 is 77.2 Å². The third-order valence-electron chi connectivity index (χ3n) is 25.0. The first-order chi connectivity index (χ1) is 60.8. The number of aryl methyl sites for hydroxylation is 4. The monoisotopic (exact) mass is 1870 g/mol. The largest absolute Gasteiger partial charge is 0.481 e. The lowest BCUT2D eigenvalue weighted by molar-refractivity contribution is -0.151. The van der Waals surface area contributed by atoms with Gasteiger partial charge in [0.2, 0.25) is 23.6 Å². The summed E-state index contributed by atoms with van der Waals surface area (Å²) in [4.78, 5) is 158. The van der Waals surface area contributed by atoms with Gasteiger partial charge >= 0.3 is 23.9 Å². The Bertz CT molecular complexity index is 5020. The summed E-state index contributed by atoms with van der Waals surface area (Å²) in [6.07, 6.45) is 26.8. The predicted molar refractivity (Wildman–Crippen MR) is 497 cm³/mol. The van der Waals surface area contributed by atoms with Gasteiger partial charge in [0.05, 0.1) is 83.8 Å².